The van der Waals surface area contributed by atoms with Crippen molar-refractivity contribution in [3.05, 3.63) is 0 Å². The Balaban J connectivity index is 5.24. The van der Waals surface area contributed by atoms with E-state index in [9.17, 15) is 43.2 Å². The van der Waals surface area contributed by atoms with Crippen molar-refractivity contribution in [2.75, 3.05) is 39.6 Å². The summed E-state index contributed by atoms with van der Waals surface area (Å²) >= 11 is 0. The second-order valence-electron chi connectivity index (χ2n) is 29.1. The van der Waals surface area contributed by atoms with Crippen molar-refractivity contribution in [2.45, 2.75) is 401 Å². The van der Waals surface area contributed by atoms with Gasteiger partial charge in [-0.05, 0) is 49.4 Å². The molecule has 19 heteroatoms. The number of carbonyl (C=O) groups is 4. The molecule has 0 aliphatic carbocycles. The van der Waals surface area contributed by atoms with Crippen LogP contribution in [0.25, 0.3) is 0 Å². The van der Waals surface area contributed by atoms with E-state index in [2.05, 4.69) is 55.4 Å². The molecule has 0 spiro atoms. The largest absolute Gasteiger partial charge is 0.472 e. The molecular formula is C76H148O17P2. The van der Waals surface area contributed by atoms with Gasteiger partial charge in [0.2, 0.25) is 0 Å². The Morgan fingerprint density at radius 3 is 0.747 bits per heavy atom. The molecule has 0 amide bonds. The fraction of sp³-hybridized carbons (Fsp3) is 0.947. The maximum absolute atomic E-state index is 13.1. The maximum atomic E-state index is 13.1. The smallest absolute Gasteiger partial charge is 0.462 e. The van der Waals surface area contributed by atoms with Gasteiger partial charge in [0, 0.05) is 25.7 Å². The van der Waals surface area contributed by atoms with Gasteiger partial charge in [-0.15, -0.1) is 0 Å². The predicted octanol–water partition coefficient (Wildman–Crippen LogP) is 22.0. The summed E-state index contributed by atoms with van der Waals surface area (Å²) in [5.74, 6) is 0.916. The molecule has 0 aromatic heterocycles. The minimum Gasteiger partial charge on any atom is -0.462 e. The summed E-state index contributed by atoms with van der Waals surface area (Å²) in [5, 5.41) is 10.6. The van der Waals surface area contributed by atoms with Gasteiger partial charge < -0.3 is 33.8 Å². The number of unbranched alkanes of at least 4 members (excludes halogenated alkanes) is 38. The summed E-state index contributed by atoms with van der Waals surface area (Å²) in [4.78, 5) is 72.8. The van der Waals surface area contributed by atoms with E-state index in [1.807, 2.05) is 0 Å². The summed E-state index contributed by atoms with van der Waals surface area (Å²) in [7, 11) is -9.91. The molecule has 4 unspecified atom stereocenters. The van der Waals surface area contributed by atoms with Crippen LogP contribution in [0.3, 0.4) is 0 Å². The van der Waals surface area contributed by atoms with Crippen molar-refractivity contribution in [3.63, 3.8) is 0 Å². The van der Waals surface area contributed by atoms with Crippen LogP contribution in [-0.4, -0.2) is 96.7 Å². The van der Waals surface area contributed by atoms with E-state index in [0.717, 1.165) is 114 Å². The maximum Gasteiger partial charge on any atom is 0.472 e. The number of hydrogen-bond donors (Lipinski definition) is 3. The first-order valence-electron chi connectivity index (χ1n) is 39.2. The third-order valence-corrected chi connectivity index (χ3v) is 19.8. The Labute approximate surface area is 581 Å². The quantitative estimate of drug-likeness (QED) is 0.0222. The van der Waals surface area contributed by atoms with Crippen LogP contribution in [0.5, 0.6) is 0 Å². The van der Waals surface area contributed by atoms with E-state index in [-0.39, 0.29) is 25.7 Å². The molecule has 0 aromatic rings. The monoisotopic (exact) mass is 1400 g/mol. The molecule has 3 N–H and O–H groups in total. The lowest BCUT2D eigenvalue weighted by Gasteiger charge is -2.21. The van der Waals surface area contributed by atoms with Gasteiger partial charge in [0.05, 0.1) is 26.4 Å². The first-order valence-corrected chi connectivity index (χ1v) is 42.2. The SMILES string of the molecule is CCC(C)CCCCCCCCC(=O)O[C@H](COC(=O)CCCCCCCCCCC(C)C)COP(=O)(O)OCC(O)COP(=O)(O)OC[C@@H](COC(=O)CCCCCCCCCCCCCCCC(C)C)OC(=O)CCCCCCCCCCCCCCCCCC(C)C. The molecule has 0 saturated carbocycles. The van der Waals surface area contributed by atoms with Crippen LogP contribution in [0, 0.1) is 23.7 Å². The molecule has 0 saturated heterocycles. The van der Waals surface area contributed by atoms with E-state index in [0.29, 0.717) is 25.7 Å². The van der Waals surface area contributed by atoms with Crippen LogP contribution < -0.4 is 0 Å². The van der Waals surface area contributed by atoms with Crippen LogP contribution in [0.15, 0.2) is 0 Å². The molecule has 6 atom stereocenters. The average Bonchev–Trinajstić information content (AvgIpc) is 1.83. The first kappa shape index (κ1) is 93.1. The molecule has 564 valence electrons. The fourth-order valence-corrected chi connectivity index (χ4v) is 13.1. The summed E-state index contributed by atoms with van der Waals surface area (Å²) < 4.78 is 68.5. The van der Waals surface area contributed by atoms with Crippen molar-refractivity contribution in [3.8, 4) is 0 Å². The Bertz CT molecular complexity index is 1870. The zero-order valence-electron chi connectivity index (χ0n) is 62.3. The number of carbonyl (C=O) groups excluding carboxylic acids is 4. The number of ether oxygens (including phenoxy) is 4. The lowest BCUT2D eigenvalue weighted by atomic mass is 10.00. The van der Waals surface area contributed by atoms with E-state index >= 15 is 0 Å². The molecular weight excluding hydrogens is 1250 g/mol. The van der Waals surface area contributed by atoms with Gasteiger partial charge in [0.25, 0.3) is 0 Å². The lowest BCUT2D eigenvalue weighted by molar-refractivity contribution is -0.161. The first-order chi connectivity index (χ1) is 45.6. The van der Waals surface area contributed by atoms with Gasteiger partial charge in [-0.3, -0.25) is 37.3 Å². The average molecular weight is 1400 g/mol. The summed E-state index contributed by atoms with van der Waals surface area (Å²) in [5.41, 5.74) is 0. The highest BCUT2D eigenvalue weighted by atomic mass is 31.2. The van der Waals surface area contributed by atoms with Crippen molar-refractivity contribution in [1.82, 2.24) is 0 Å². The number of hydrogen-bond acceptors (Lipinski definition) is 15. The molecule has 0 aromatic carbocycles. The van der Waals surface area contributed by atoms with Crippen LogP contribution >= 0.6 is 15.6 Å². The van der Waals surface area contributed by atoms with E-state index in [1.54, 1.807) is 0 Å². The fourth-order valence-electron chi connectivity index (χ4n) is 11.5. The summed E-state index contributed by atoms with van der Waals surface area (Å²) in [6.07, 6.45) is 50.1. The Morgan fingerprint density at radius 1 is 0.295 bits per heavy atom. The number of aliphatic hydroxyl groups is 1. The number of rotatable bonds is 73. The molecule has 95 heavy (non-hydrogen) atoms. The zero-order valence-corrected chi connectivity index (χ0v) is 64.1. The van der Waals surface area contributed by atoms with E-state index in [4.69, 9.17) is 37.0 Å². The molecule has 0 aliphatic rings. The van der Waals surface area contributed by atoms with Crippen LogP contribution in [0.4, 0.5) is 0 Å². The topological polar surface area (TPSA) is 237 Å². The summed E-state index contributed by atoms with van der Waals surface area (Å²) in [6, 6.07) is 0. The molecule has 0 radical (unpaired) electrons. The van der Waals surface area contributed by atoms with Crippen LogP contribution in [-0.2, 0) is 65.4 Å². The molecule has 0 fully saturated rings. The van der Waals surface area contributed by atoms with Gasteiger partial charge >= 0.3 is 39.5 Å². The Morgan fingerprint density at radius 2 is 0.505 bits per heavy atom. The Kier molecular flexibility index (Phi) is 64.0. The number of aliphatic hydroxyl groups excluding tert-OH is 1. The van der Waals surface area contributed by atoms with Crippen molar-refractivity contribution < 1.29 is 80.2 Å². The van der Waals surface area contributed by atoms with Crippen molar-refractivity contribution >= 4 is 39.5 Å². The van der Waals surface area contributed by atoms with Gasteiger partial charge in [0.15, 0.2) is 12.2 Å². The standard InChI is InChI=1S/C76H148O17P2/c1-9-69(8)55-47-39-34-35-43-51-59-76(81)93-72(63-87-74(79)57-49-41-32-27-26-30-38-46-54-68(6)7)65-91-95(84,85)89-61-70(77)60-88-94(82,83)90-64-71(62-86-73(78)56-48-40-31-24-20-17-13-15-19-23-29-37-45-53-67(4)5)92-75(80)58-50-42-33-25-21-16-12-10-11-14-18-22-28-36-44-52-66(2)3/h66-72,77H,9-65H2,1-8H3,(H,82,83)(H,84,85)/t69?,70?,71-,72-/m1/s1. The minimum absolute atomic E-state index is 0.102. The van der Waals surface area contributed by atoms with Crippen LogP contribution in [0.1, 0.15) is 383 Å². The van der Waals surface area contributed by atoms with Crippen LogP contribution in [0.2, 0.25) is 0 Å². The van der Waals surface area contributed by atoms with Gasteiger partial charge in [0.1, 0.15) is 19.3 Å². The van der Waals surface area contributed by atoms with Crippen molar-refractivity contribution in [1.29, 1.82) is 0 Å². The number of phosphoric ester groups is 2. The number of esters is 4. The normalized spacial score (nSPS) is 14.4. The van der Waals surface area contributed by atoms with Gasteiger partial charge in [-0.2, -0.15) is 0 Å². The Hall–Kier alpha value is -1.94. The molecule has 0 bridgehead atoms. The van der Waals surface area contributed by atoms with E-state index < -0.39 is 97.5 Å². The summed E-state index contributed by atoms with van der Waals surface area (Å²) in [6.45, 7) is 14.2. The van der Waals surface area contributed by atoms with Gasteiger partial charge in [-0.1, -0.05) is 331 Å². The molecule has 0 heterocycles. The number of phosphoric acid groups is 2. The minimum atomic E-state index is -4.96. The highest BCUT2D eigenvalue weighted by molar-refractivity contribution is 7.47. The highest BCUT2D eigenvalue weighted by Crippen LogP contribution is 2.45. The predicted molar refractivity (Wildman–Crippen MR) is 386 cm³/mol. The van der Waals surface area contributed by atoms with Crippen molar-refractivity contribution in [2.24, 2.45) is 23.7 Å². The lowest BCUT2D eigenvalue weighted by Crippen LogP contribution is -2.30. The molecule has 0 aliphatic heterocycles. The van der Waals surface area contributed by atoms with E-state index in [1.165, 1.54) is 186 Å². The second-order valence-corrected chi connectivity index (χ2v) is 32.0. The highest BCUT2D eigenvalue weighted by Gasteiger charge is 2.30. The third kappa shape index (κ3) is 69.0. The third-order valence-electron chi connectivity index (χ3n) is 17.9. The second kappa shape index (κ2) is 65.4. The molecule has 0 rings (SSSR count). The molecule has 17 nitrogen and oxygen atoms in total. The zero-order chi connectivity index (χ0) is 70.3. The van der Waals surface area contributed by atoms with Gasteiger partial charge in [-0.25, -0.2) is 9.13 Å².